The molecule has 1 aromatic carbocycles. The summed E-state index contributed by atoms with van der Waals surface area (Å²) in [4.78, 5) is 12.1. The molecular weight excluding hydrogens is 249 g/mol. The quantitative estimate of drug-likeness (QED) is 0.879. The van der Waals surface area contributed by atoms with Gasteiger partial charge in [0.05, 0.1) is 19.3 Å². The van der Waals surface area contributed by atoms with Gasteiger partial charge in [0.15, 0.2) is 0 Å². The second-order valence-corrected chi connectivity index (χ2v) is 4.75. The normalized spacial score (nSPS) is 22.9. The predicted octanol–water partition coefficient (Wildman–Crippen LogP) is 1.87. The molecule has 2 atom stereocenters. The fraction of sp³-hybridized carbons (Fsp3) is 0.500. The molecule has 0 aliphatic heterocycles. The fourth-order valence-corrected chi connectivity index (χ4v) is 2.42. The minimum Gasteiger partial charge on any atom is -0.496 e. The van der Waals surface area contributed by atoms with Crippen LogP contribution in [0.2, 0.25) is 0 Å². The number of halogens is 1. The number of hydrogen-bond donors (Lipinski definition) is 2. The first kappa shape index (κ1) is 13.8. The maximum absolute atomic E-state index is 13.7. The molecule has 0 radical (unpaired) electrons. The highest BCUT2D eigenvalue weighted by Crippen LogP contribution is 2.23. The van der Waals surface area contributed by atoms with E-state index in [-0.39, 0.29) is 17.4 Å². The molecule has 1 aromatic rings. The standard InChI is InChI=1S/C14H18FNO3/c1-19-12-8-4-5-9(15)13(12)14(18)16-10-6-2-3-7-11(10)17/h4-5,8,10-11,17H,2-3,6-7H2,1H3,(H,16,18)/t10-,11-/m1/s1. The van der Waals surface area contributed by atoms with Crippen molar-refractivity contribution < 1.29 is 19.0 Å². The molecule has 0 saturated heterocycles. The maximum Gasteiger partial charge on any atom is 0.258 e. The molecule has 0 bridgehead atoms. The van der Waals surface area contributed by atoms with E-state index < -0.39 is 17.8 Å². The van der Waals surface area contributed by atoms with E-state index >= 15 is 0 Å². The molecule has 1 aliphatic rings. The second-order valence-electron chi connectivity index (χ2n) is 4.75. The van der Waals surface area contributed by atoms with Gasteiger partial charge in [-0.2, -0.15) is 0 Å². The summed E-state index contributed by atoms with van der Waals surface area (Å²) in [5.74, 6) is -0.967. The second kappa shape index (κ2) is 6.02. The highest BCUT2D eigenvalue weighted by molar-refractivity contribution is 5.97. The van der Waals surface area contributed by atoms with E-state index in [9.17, 15) is 14.3 Å². The zero-order valence-corrected chi connectivity index (χ0v) is 10.9. The summed E-state index contributed by atoms with van der Waals surface area (Å²) in [6.07, 6.45) is 2.73. The van der Waals surface area contributed by atoms with Gasteiger partial charge >= 0.3 is 0 Å². The lowest BCUT2D eigenvalue weighted by molar-refractivity contribution is 0.0712. The Morgan fingerprint density at radius 3 is 2.84 bits per heavy atom. The lowest BCUT2D eigenvalue weighted by Gasteiger charge is -2.28. The molecule has 19 heavy (non-hydrogen) atoms. The van der Waals surface area contributed by atoms with E-state index in [2.05, 4.69) is 5.32 Å². The van der Waals surface area contributed by atoms with Crippen LogP contribution in [0, 0.1) is 5.82 Å². The molecule has 1 fully saturated rings. The largest absolute Gasteiger partial charge is 0.496 e. The molecule has 0 unspecified atom stereocenters. The van der Waals surface area contributed by atoms with Crippen molar-refractivity contribution in [3.05, 3.63) is 29.6 Å². The molecule has 1 saturated carbocycles. The Labute approximate surface area is 111 Å². The molecule has 2 rings (SSSR count). The van der Waals surface area contributed by atoms with Crippen LogP contribution < -0.4 is 10.1 Å². The van der Waals surface area contributed by atoms with Gasteiger partial charge in [-0.1, -0.05) is 18.9 Å². The summed E-state index contributed by atoms with van der Waals surface area (Å²) in [5.41, 5.74) is -0.109. The number of benzene rings is 1. The van der Waals surface area contributed by atoms with Crippen molar-refractivity contribution in [1.82, 2.24) is 5.32 Å². The van der Waals surface area contributed by atoms with Gasteiger partial charge in [0.25, 0.3) is 5.91 Å². The highest BCUT2D eigenvalue weighted by Gasteiger charge is 2.27. The maximum atomic E-state index is 13.7. The minimum absolute atomic E-state index is 0.109. The van der Waals surface area contributed by atoms with Crippen molar-refractivity contribution in [2.24, 2.45) is 0 Å². The summed E-state index contributed by atoms with van der Waals surface area (Å²) in [5, 5.41) is 12.5. The van der Waals surface area contributed by atoms with Gasteiger partial charge < -0.3 is 15.2 Å². The Morgan fingerprint density at radius 2 is 2.16 bits per heavy atom. The summed E-state index contributed by atoms with van der Waals surface area (Å²) in [7, 11) is 1.39. The first-order chi connectivity index (χ1) is 9.13. The fourth-order valence-electron chi connectivity index (χ4n) is 2.42. The molecule has 104 valence electrons. The Kier molecular flexibility index (Phi) is 4.37. The molecule has 5 heteroatoms. The van der Waals surface area contributed by atoms with Crippen molar-refractivity contribution in [2.45, 2.75) is 37.8 Å². The van der Waals surface area contributed by atoms with E-state index in [1.807, 2.05) is 0 Å². The van der Waals surface area contributed by atoms with E-state index in [0.717, 1.165) is 12.8 Å². The monoisotopic (exact) mass is 267 g/mol. The van der Waals surface area contributed by atoms with Crippen LogP contribution >= 0.6 is 0 Å². The molecule has 1 amide bonds. The summed E-state index contributed by atoms with van der Waals surface area (Å²) < 4.78 is 18.7. The van der Waals surface area contributed by atoms with Crippen LogP contribution in [0.4, 0.5) is 4.39 Å². The average Bonchev–Trinajstić information content (AvgIpc) is 2.40. The molecule has 0 aromatic heterocycles. The summed E-state index contributed by atoms with van der Waals surface area (Å²) >= 11 is 0. The number of hydrogen-bond acceptors (Lipinski definition) is 3. The summed E-state index contributed by atoms with van der Waals surface area (Å²) in [6.45, 7) is 0. The Balaban J connectivity index is 2.15. The molecule has 0 spiro atoms. The van der Waals surface area contributed by atoms with Crippen LogP contribution in [0.1, 0.15) is 36.0 Å². The zero-order chi connectivity index (χ0) is 13.8. The van der Waals surface area contributed by atoms with Crippen molar-refractivity contribution in [3.8, 4) is 5.75 Å². The van der Waals surface area contributed by atoms with Crippen LogP contribution in [0.25, 0.3) is 0 Å². The van der Waals surface area contributed by atoms with Gasteiger partial charge in [0, 0.05) is 0 Å². The van der Waals surface area contributed by atoms with Crippen LogP contribution in [-0.4, -0.2) is 30.3 Å². The Hall–Kier alpha value is -1.62. The third-order valence-corrected chi connectivity index (χ3v) is 3.47. The molecule has 2 N–H and O–H groups in total. The first-order valence-corrected chi connectivity index (χ1v) is 6.45. The number of rotatable bonds is 3. The third kappa shape index (κ3) is 3.04. The average molecular weight is 267 g/mol. The lowest BCUT2D eigenvalue weighted by Crippen LogP contribution is -2.45. The van der Waals surface area contributed by atoms with Crippen LogP contribution in [0.3, 0.4) is 0 Å². The molecule has 0 heterocycles. The Bertz CT molecular complexity index is 464. The molecule has 1 aliphatic carbocycles. The number of aliphatic hydroxyl groups excluding tert-OH is 1. The van der Waals surface area contributed by atoms with Crippen molar-refractivity contribution in [1.29, 1.82) is 0 Å². The predicted molar refractivity (Wildman–Crippen MR) is 68.7 cm³/mol. The smallest absolute Gasteiger partial charge is 0.258 e. The topological polar surface area (TPSA) is 58.6 Å². The summed E-state index contributed by atoms with van der Waals surface area (Å²) in [6, 6.07) is 3.93. The van der Waals surface area contributed by atoms with E-state index in [1.165, 1.54) is 25.3 Å². The van der Waals surface area contributed by atoms with Gasteiger partial charge in [0.2, 0.25) is 0 Å². The van der Waals surface area contributed by atoms with Crippen molar-refractivity contribution >= 4 is 5.91 Å². The van der Waals surface area contributed by atoms with Gasteiger partial charge in [-0.05, 0) is 25.0 Å². The number of methoxy groups -OCH3 is 1. The van der Waals surface area contributed by atoms with Gasteiger partial charge in [0.1, 0.15) is 17.1 Å². The Morgan fingerprint density at radius 1 is 1.42 bits per heavy atom. The number of amides is 1. The molecule has 4 nitrogen and oxygen atoms in total. The van der Waals surface area contributed by atoms with Crippen LogP contribution in [-0.2, 0) is 0 Å². The third-order valence-electron chi connectivity index (χ3n) is 3.47. The van der Waals surface area contributed by atoms with E-state index in [1.54, 1.807) is 0 Å². The van der Waals surface area contributed by atoms with Crippen molar-refractivity contribution in [2.75, 3.05) is 7.11 Å². The SMILES string of the molecule is COc1cccc(F)c1C(=O)N[C@@H]1CCCC[C@H]1O. The van der Waals surface area contributed by atoms with Gasteiger partial charge in [-0.25, -0.2) is 4.39 Å². The number of nitrogens with one attached hydrogen (secondary N) is 1. The molecular formula is C14H18FNO3. The zero-order valence-electron chi connectivity index (χ0n) is 10.9. The number of carbonyl (C=O) groups excluding carboxylic acids is 1. The van der Waals surface area contributed by atoms with Crippen LogP contribution in [0.5, 0.6) is 5.75 Å². The first-order valence-electron chi connectivity index (χ1n) is 6.45. The van der Waals surface area contributed by atoms with Gasteiger partial charge in [-0.15, -0.1) is 0 Å². The number of carbonyl (C=O) groups is 1. The highest BCUT2D eigenvalue weighted by atomic mass is 19.1. The van der Waals surface area contributed by atoms with E-state index in [4.69, 9.17) is 4.74 Å². The van der Waals surface area contributed by atoms with Crippen molar-refractivity contribution in [3.63, 3.8) is 0 Å². The van der Waals surface area contributed by atoms with E-state index in [0.29, 0.717) is 12.8 Å². The number of ether oxygens (including phenoxy) is 1. The van der Waals surface area contributed by atoms with Crippen LogP contribution in [0.15, 0.2) is 18.2 Å². The lowest BCUT2D eigenvalue weighted by atomic mass is 9.92. The minimum atomic E-state index is -0.623. The van der Waals surface area contributed by atoms with Gasteiger partial charge in [-0.3, -0.25) is 4.79 Å². The number of aliphatic hydroxyl groups is 1.